The van der Waals surface area contributed by atoms with Gasteiger partial charge in [0.25, 0.3) is 0 Å². The number of anilines is 1. The minimum atomic E-state index is 0.742. The first-order chi connectivity index (χ1) is 12.9. The maximum atomic E-state index is 5.93. The Morgan fingerprint density at radius 1 is 0.885 bits per heavy atom. The van der Waals surface area contributed by atoms with E-state index in [1.54, 1.807) is 0 Å². The monoisotopic (exact) mass is 364 g/mol. The molecule has 26 heavy (non-hydrogen) atoms. The van der Waals surface area contributed by atoms with E-state index in [2.05, 4.69) is 34.1 Å². The molecule has 5 heteroatoms. The second-order valence-electron chi connectivity index (χ2n) is 5.98. The number of hydrogen-bond donors (Lipinski definition) is 0. The molecule has 1 fully saturated rings. The first-order valence-corrected chi connectivity index (χ1v) is 9.42. The lowest BCUT2D eigenvalue weighted by atomic mass is 10.0. The summed E-state index contributed by atoms with van der Waals surface area (Å²) in [6.45, 7) is 3.22. The van der Waals surface area contributed by atoms with E-state index in [1.807, 2.05) is 48.8 Å². The van der Waals surface area contributed by atoms with Crippen LogP contribution in [0.15, 0.2) is 78.0 Å². The van der Waals surface area contributed by atoms with Gasteiger partial charge in [-0.15, -0.1) is 0 Å². The van der Waals surface area contributed by atoms with Gasteiger partial charge < -0.3 is 13.8 Å². The summed E-state index contributed by atoms with van der Waals surface area (Å²) in [6, 6.07) is 20.2. The molecule has 4 nitrogen and oxygen atoms in total. The highest BCUT2D eigenvalue weighted by atomic mass is 32.2. The fraction of sp³-hybridized carbons (Fsp3) is 0.190. The van der Waals surface area contributed by atoms with Gasteiger partial charge in [-0.3, -0.25) is 4.98 Å². The molecule has 1 aliphatic rings. The summed E-state index contributed by atoms with van der Waals surface area (Å²) in [6.07, 6.45) is 3.82. The smallest absolute Gasteiger partial charge is 0.137 e. The van der Waals surface area contributed by atoms with E-state index in [1.165, 1.54) is 12.0 Å². The number of nitrogens with zero attached hydrogens (tertiary/aromatic N) is 2. The highest BCUT2D eigenvalue weighted by molar-refractivity contribution is 7.95. The molecular weight excluding hydrogens is 344 g/mol. The van der Waals surface area contributed by atoms with Crippen molar-refractivity contribution in [2.45, 2.75) is 4.90 Å². The molecule has 0 bridgehead atoms. The van der Waals surface area contributed by atoms with Crippen LogP contribution in [0.25, 0.3) is 11.1 Å². The van der Waals surface area contributed by atoms with E-state index >= 15 is 0 Å². The standard InChI is InChI=1S/C21H20N2O2S/c1-3-7-17(8-4-1)21-19(23-11-13-24-14-12-23)15-22-16-20(21)26-25-18-9-5-2-6-10-18/h1-10,15-16H,11-14H2. The van der Waals surface area contributed by atoms with Crippen molar-refractivity contribution in [3.63, 3.8) is 0 Å². The van der Waals surface area contributed by atoms with E-state index in [0.717, 1.165) is 53.8 Å². The molecule has 4 rings (SSSR count). The Morgan fingerprint density at radius 3 is 2.31 bits per heavy atom. The fourth-order valence-electron chi connectivity index (χ4n) is 3.00. The molecule has 1 saturated heterocycles. The Hall–Kier alpha value is -2.50. The lowest BCUT2D eigenvalue weighted by Crippen LogP contribution is -2.36. The average molecular weight is 364 g/mol. The number of ether oxygens (including phenoxy) is 1. The molecule has 0 spiro atoms. The topological polar surface area (TPSA) is 34.6 Å². The van der Waals surface area contributed by atoms with E-state index in [0.29, 0.717) is 0 Å². The largest absolute Gasteiger partial charge is 0.421 e. The molecule has 0 saturated carbocycles. The first kappa shape index (κ1) is 16.9. The van der Waals surface area contributed by atoms with Crippen LogP contribution in [0.1, 0.15) is 0 Å². The zero-order chi connectivity index (χ0) is 17.6. The third-order valence-corrected chi connectivity index (χ3v) is 5.04. The molecule has 1 aliphatic heterocycles. The Morgan fingerprint density at radius 2 is 1.58 bits per heavy atom. The average Bonchev–Trinajstić information content (AvgIpc) is 2.74. The maximum absolute atomic E-state index is 5.93. The molecule has 0 N–H and O–H groups in total. The third kappa shape index (κ3) is 3.84. The summed E-state index contributed by atoms with van der Waals surface area (Å²) in [5, 5.41) is 0. The van der Waals surface area contributed by atoms with Crippen molar-refractivity contribution in [1.29, 1.82) is 0 Å². The van der Waals surface area contributed by atoms with Gasteiger partial charge in [-0.25, -0.2) is 0 Å². The molecule has 0 unspecified atom stereocenters. The number of morpholine rings is 1. The maximum Gasteiger partial charge on any atom is 0.137 e. The molecule has 0 radical (unpaired) electrons. The molecule has 2 aromatic carbocycles. The molecule has 1 aromatic heterocycles. The van der Waals surface area contributed by atoms with Gasteiger partial charge in [-0.1, -0.05) is 48.5 Å². The molecular formula is C21H20N2O2S. The lowest BCUT2D eigenvalue weighted by Gasteiger charge is -2.31. The van der Waals surface area contributed by atoms with Gasteiger partial charge in [-0.05, 0) is 17.7 Å². The summed E-state index contributed by atoms with van der Waals surface area (Å²) in [5.74, 6) is 0.827. The summed E-state index contributed by atoms with van der Waals surface area (Å²) in [4.78, 5) is 7.82. The van der Waals surface area contributed by atoms with Gasteiger partial charge in [0.1, 0.15) is 5.75 Å². The number of pyridine rings is 1. The van der Waals surface area contributed by atoms with Gasteiger partial charge in [0.05, 0.1) is 42.0 Å². The normalized spacial score (nSPS) is 14.2. The Kier molecular flexibility index (Phi) is 5.38. The Labute approximate surface area is 158 Å². The summed E-state index contributed by atoms with van der Waals surface area (Å²) < 4.78 is 11.4. The van der Waals surface area contributed by atoms with Crippen LogP contribution in [0.3, 0.4) is 0 Å². The van der Waals surface area contributed by atoms with Crippen LogP contribution in [0.4, 0.5) is 5.69 Å². The van der Waals surface area contributed by atoms with Gasteiger partial charge in [0, 0.05) is 24.8 Å². The molecule has 0 aliphatic carbocycles. The minimum Gasteiger partial charge on any atom is -0.421 e. The molecule has 132 valence electrons. The quantitative estimate of drug-likeness (QED) is 0.615. The van der Waals surface area contributed by atoms with Crippen LogP contribution >= 0.6 is 12.0 Å². The van der Waals surface area contributed by atoms with Crippen LogP contribution in [0, 0.1) is 0 Å². The summed E-state index contributed by atoms with van der Waals surface area (Å²) >= 11 is 1.35. The predicted octanol–water partition coefficient (Wildman–Crippen LogP) is 4.67. The van der Waals surface area contributed by atoms with E-state index < -0.39 is 0 Å². The number of hydrogen-bond acceptors (Lipinski definition) is 5. The number of para-hydroxylation sites is 1. The van der Waals surface area contributed by atoms with Crippen LogP contribution in [-0.2, 0) is 4.74 Å². The van der Waals surface area contributed by atoms with Gasteiger partial charge in [0.2, 0.25) is 0 Å². The number of benzene rings is 2. The van der Waals surface area contributed by atoms with Crippen LogP contribution in [0.5, 0.6) is 5.75 Å². The zero-order valence-electron chi connectivity index (χ0n) is 14.4. The number of rotatable bonds is 5. The summed E-state index contributed by atoms with van der Waals surface area (Å²) in [5.41, 5.74) is 3.44. The van der Waals surface area contributed by atoms with E-state index in [-0.39, 0.29) is 0 Å². The van der Waals surface area contributed by atoms with Crippen LogP contribution < -0.4 is 9.08 Å². The molecule has 0 atom stereocenters. The minimum absolute atomic E-state index is 0.742. The van der Waals surface area contributed by atoms with Crippen molar-refractivity contribution in [3.05, 3.63) is 73.1 Å². The SMILES string of the molecule is c1ccc(OSc2cncc(N3CCOCC3)c2-c2ccccc2)cc1. The third-order valence-electron chi connectivity index (χ3n) is 4.28. The zero-order valence-corrected chi connectivity index (χ0v) is 15.2. The van der Waals surface area contributed by atoms with Crippen molar-refractivity contribution in [2.75, 3.05) is 31.2 Å². The Balaban J connectivity index is 1.70. The highest BCUT2D eigenvalue weighted by Gasteiger charge is 2.20. The highest BCUT2D eigenvalue weighted by Crippen LogP contribution is 2.39. The molecule has 0 amide bonds. The van der Waals surface area contributed by atoms with Gasteiger partial charge in [-0.2, -0.15) is 0 Å². The fourth-order valence-corrected chi connectivity index (χ4v) is 3.71. The van der Waals surface area contributed by atoms with Crippen molar-refractivity contribution in [2.24, 2.45) is 0 Å². The van der Waals surface area contributed by atoms with Gasteiger partial charge >= 0.3 is 0 Å². The van der Waals surface area contributed by atoms with Crippen LogP contribution in [0.2, 0.25) is 0 Å². The van der Waals surface area contributed by atoms with E-state index in [4.69, 9.17) is 8.92 Å². The predicted molar refractivity (Wildman–Crippen MR) is 106 cm³/mol. The molecule has 2 heterocycles. The van der Waals surface area contributed by atoms with Crippen LogP contribution in [-0.4, -0.2) is 31.3 Å². The first-order valence-electron chi connectivity index (χ1n) is 8.67. The van der Waals surface area contributed by atoms with E-state index in [9.17, 15) is 0 Å². The Bertz CT molecular complexity index is 837. The van der Waals surface area contributed by atoms with Crippen molar-refractivity contribution >= 4 is 17.7 Å². The van der Waals surface area contributed by atoms with Gasteiger partial charge in [0.15, 0.2) is 0 Å². The summed E-state index contributed by atoms with van der Waals surface area (Å²) in [7, 11) is 0. The van der Waals surface area contributed by atoms with Crippen molar-refractivity contribution < 1.29 is 8.92 Å². The van der Waals surface area contributed by atoms with Crippen molar-refractivity contribution in [1.82, 2.24) is 4.98 Å². The number of aromatic nitrogens is 1. The molecule has 3 aromatic rings. The lowest BCUT2D eigenvalue weighted by molar-refractivity contribution is 0.122. The second-order valence-corrected chi connectivity index (χ2v) is 6.75. The van der Waals surface area contributed by atoms with Crippen molar-refractivity contribution in [3.8, 4) is 16.9 Å². The second kappa shape index (κ2) is 8.25.